The van der Waals surface area contributed by atoms with Crippen molar-refractivity contribution in [3.05, 3.63) is 30.5 Å². The lowest BCUT2D eigenvalue weighted by Crippen LogP contribution is -2.35. The number of nitrogen functional groups attached to an aromatic ring is 1. The highest BCUT2D eigenvalue weighted by Gasteiger charge is 2.23. The molecule has 0 amide bonds. The number of hydrogen-bond acceptors (Lipinski definition) is 3. The number of rotatable bonds is 2. The number of aromatic nitrogens is 1. The predicted octanol–water partition coefficient (Wildman–Crippen LogP) is 3.83. The van der Waals surface area contributed by atoms with Crippen molar-refractivity contribution < 1.29 is 0 Å². The maximum atomic E-state index is 6.07. The van der Waals surface area contributed by atoms with Crippen LogP contribution in [0.1, 0.15) is 32.6 Å². The molecule has 3 heteroatoms. The molecular weight excluding hydrogens is 246 g/mol. The molecule has 1 aromatic heterocycles. The third-order valence-electron chi connectivity index (χ3n) is 4.62. The standard InChI is InChI=1S/C17H23N3/c1-12-5-3-6-13(11-12)20(2)16-9-8-15(18)14-7-4-10-19-17(14)16/h4,7-10,12-13H,3,5-6,11,18H2,1-2H3. The Balaban J connectivity index is 1.99. The van der Waals surface area contributed by atoms with E-state index in [1.165, 1.54) is 31.4 Å². The normalized spacial score (nSPS) is 22.9. The summed E-state index contributed by atoms with van der Waals surface area (Å²) in [6, 6.07) is 8.74. The van der Waals surface area contributed by atoms with Crippen molar-refractivity contribution >= 4 is 22.3 Å². The number of hydrogen-bond donors (Lipinski definition) is 1. The third kappa shape index (κ3) is 2.33. The van der Waals surface area contributed by atoms with Crippen molar-refractivity contribution in [3.63, 3.8) is 0 Å². The fourth-order valence-electron chi connectivity index (χ4n) is 3.41. The van der Waals surface area contributed by atoms with E-state index in [0.717, 1.165) is 22.5 Å². The minimum atomic E-state index is 0.618. The van der Waals surface area contributed by atoms with Crippen LogP contribution in [0.5, 0.6) is 0 Å². The molecular formula is C17H23N3. The Bertz CT molecular complexity index is 608. The highest BCUT2D eigenvalue weighted by Crippen LogP contribution is 2.34. The number of fused-ring (bicyclic) bond motifs is 1. The van der Waals surface area contributed by atoms with Crippen molar-refractivity contribution in [3.8, 4) is 0 Å². The van der Waals surface area contributed by atoms with E-state index in [1.807, 2.05) is 18.3 Å². The average Bonchev–Trinajstić information content (AvgIpc) is 2.47. The Morgan fingerprint density at radius 3 is 2.90 bits per heavy atom. The van der Waals surface area contributed by atoms with Gasteiger partial charge in [0.1, 0.15) is 0 Å². The number of pyridine rings is 1. The number of nitrogens with two attached hydrogens (primary N) is 1. The summed E-state index contributed by atoms with van der Waals surface area (Å²) in [5.74, 6) is 0.823. The molecule has 0 aliphatic heterocycles. The zero-order valence-electron chi connectivity index (χ0n) is 12.3. The quantitative estimate of drug-likeness (QED) is 0.842. The van der Waals surface area contributed by atoms with Crippen LogP contribution < -0.4 is 10.6 Å². The average molecular weight is 269 g/mol. The first kappa shape index (κ1) is 13.2. The molecule has 2 N–H and O–H groups in total. The van der Waals surface area contributed by atoms with Gasteiger partial charge < -0.3 is 10.6 Å². The molecule has 3 rings (SSSR count). The van der Waals surface area contributed by atoms with Crippen LogP contribution in [0.3, 0.4) is 0 Å². The minimum absolute atomic E-state index is 0.618. The van der Waals surface area contributed by atoms with E-state index in [9.17, 15) is 0 Å². The van der Waals surface area contributed by atoms with Gasteiger partial charge in [-0.15, -0.1) is 0 Å². The Morgan fingerprint density at radius 1 is 1.25 bits per heavy atom. The van der Waals surface area contributed by atoms with Gasteiger partial charge in [-0.05, 0) is 43.0 Å². The van der Waals surface area contributed by atoms with Gasteiger partial charge in [0.25, 0.3) is 0 Å². The van der Waals surface area contributed by atoms with Crippen LogP contribution in [0.2, 0.25) is 0 Å². The molecule has 106 valence electrons. The molecule has 0 spiro atoms. The molecule has 1 heterocycles. The molecule has 1 aromatic carbocycles. The number of nitrogens with zero attached hydrogens (tertiary/aromatic N) is 2. The summed E-state index contributed by atoms with van der Waals surface area (Å²) in [6.45, 7) is 2.36. The Hall–Kier alpha value is -1.77. The van der Waals surface area contributed by atoms with Crippen molar-refractivity contribution in [1.82, 2.24) is 4.98 Å². The third-order valence-corrected chi connectivity index (χ3v) is 4.62. The van der Waals surface area contributed by atoms with Crippen LogP contribution in [0.25, 0.3) is 10.9 Å². The Labute approximate surface area is 120 Å². The molecule has 3 nitrogen and oxygen atoms in total. The molecule has 1 aliphatic rings. The maximum absolute atomic E-state index is 6.07. The van der Waals surface area contributed by atoms with Crippen LogP contribution in [0.4, 0.5) is 11.4 Å². The molecule has 0 radical (unpaired) electrons. The van der Waals surface area contributed by atoms with Gasteiger partial charge >= 0.3 is 0 Å². The first-order valence-electron chi connectivity index (χ1n) is 7.53. The molecule has 20 heavy (non-hydrogen) atoms. The van der Waals surface area contributed by atoms with Crippen molar-refractivity contribution in [1.29, 1.82) is 0 Å². The van der Waals surface area contributed by atoms with Gasteiger partial charge in [0.05, 0.1) is 11.2 Å². The van der Waals surface area contributed by atoms with E-state index in [2.05, 4.69) is 36.0 Å². The molecule has 0 saturated heterocycles. The Kier molecular flexibility index (Phi) is 3.51. The van der Waals surface area contributed by atoms with Crippen molar-refractivity contribution in [2.45, 2.75) is 38.6 Å². The van der Waals surface area contributed by atoms with E-state index < -0.39 is 0 Å². The van der Waals surface area contributed by atoms with Gasteiger partial charge in [0.2, 0.25) is 0 Å². The van der Waals surface area contributed by atoms with Gasteiger partial charge in [0, 0.05) is 30.4 Å². The second-order valence-electron chi connectivity index (χ2n) is 6.11. The number of benzene rings is 1. The second-order valence-corrected chi connectivity index (χ2v) is 6.11. The lowest BCUT2D eigenvalue weighted by Gasteiger charge is -2.36. The summed E-state index contributed by atoms with van der Waals surface area (Å²) in [5, 5.41) is 1.06. The fraction of sp³-hybridized carbons (Fsp3) is 0.471. The number of anilines is 2. The minimum Gasteiger partial charge on any atom is -0.398 e. The van der Waals surface area contributed by atoms with E-state index >= 15 is 0 Å². The molecule has 1 saturated carbocycles. The zero-order chi connectivity index (χ0) is 14.1. The summed E-state index contributed by atoms with van der Waals surface area (Å²) >= 11 is 0. The highest BCUT2D eigenvalue weighted by molar-refractivity contribution is 5.98. The maximum Gasteiger partial charge on any atom is 0.0955 e. The zero-order valence-corrected chi connectivity index (χ0v) is 12.3. The van der Waals surface area contributed by atoms with Gasteiger partial charge in [-0.3, -0.25) is 4.98 Å². The summed E-state index contributed by atoms with van der Waals surface area (Å²) < 4.78 is 0. The largest absolute Gasteiger partial charge is 0.398 e. The monoisotopic (exact) mass is 269 g/mol. The van der Waals surface area contributed by atoms with Gasteiger partial charge in [0.15, 0.2) is 0 Å². The second kappa shape index (κ2) is 5.31. The van der Waals surface area contributed by atoms with E-state index in [1.54, 1.807) is 0 Å². The molecule has 2 atom stereocenters. The highest BCUT2D eigenvalue weighted by atomic mass is 15.1. The summed E-state index contributed by atoms with van der Waals surface area (Å²) in [5.41, 5.74) is 9.10. The van der Waals surface area contributed by atoms with Gasteiger partial charge in [-0.25, -0.2) is 0 Å². The first-order chi connectivity index (χ1) is 9.66. The van der Waals surface area contributed by atoms with Crippen molar-refractivity contribution in [2.24, 2.45) is 5.92 Å². The van der Waals surface area contributed by atoms with E-state index in [0.29, 0.717) is 6.04 Å². The SMILES string of the molecule is CC1CCCC(N(C)c2ccc(N)c3cccnc23)C1. The summed E-state index contributed by atoms with van der Waals surface area (Å²) in [4.78, 5) is 6.96. The topological polar surface area (TPSA) is 42.1 Å². The van der Waals surface area contributed by atoms with Crippen LogP contribution in [0, 0.1) is 5.92 Å². The fourth-order valence-corrected chi connectivity index (χ4v) is 3.41. The van der Waals surface area contributed by atoms with E-state index in [4.69, 9.17) is 5.73 Å². The van der Waals surface area contributed by atoms with Crippen LogP contribution in [0.15, 0.2) is 30.5 Å². The summed E-state index contributed by atoms with van der Waals surface area (Å²) in [6.07, 6.45) is 7.10. The first-order valence-corrected chi connectivity index (χ1v) is 7.53. The Morgan fingerprint density at radius 2 is 2.10 bits per heavy atom. The smallest absolute Gasteiger partial charge is 0.0955 e. The van der Waals surface area contributed by atoms with Crippen LogP contribution in [-0.4, -0.2) is 18.1 Å². The molecule has 0 bridgehead atoms. The molecule has 2 aromatic rings. The molecule has 1 aliphatic carbocycles. The predicted molar refractivity (Wildman–Crippen MR) is 86.0 cm³/mol. The van der Waals surface area contributed by atoms with Crippen molar-refractivity contribution in [2.75, 3.05) is 17.7 Å². The van der Waals surface area contributed by atoms with Crippen LogP contribution in [-0.2, 0) is 0 Å². The lowest BCUT2D eigenvalue weighted by molar-refractivity contribution is 0.337. The van der Waals surface area contributed by atoms with Crippen LogP contribution >= 0.6 is 0 Å². The lowest BCUT2D eigenvalue weighted by atomic mass is 9.86. The molecule has 1 fully saturated rings. The molecule has 2 unspecified atom stereocenters. The van der Waals surface area contributed by atoms with Gasteiger partial charge in [-0.1, -0.05) is 19.8 Å². The van der Waals surface area contributed by atoms with Gasteiger partial charge in [-0.2, -0.15) is 0 Å². The summed E-state index contributed by atoms with van der Waals surface area (Å²) in [7, 11) is 2.20. The van der Waals surface area contributed by atoms with E-state index in [-0.39, 0.29) is 0 Å².